The van der Waals surface area contributed by atoms with Crippen LogP contribution in [0.3, 0.4) is 0 Å². The minimum absolute atomic E-state index is 0.273. The number of hydrogen-bond acceptors (Lipinski definition) is 4. The van der Waals surface area contributed by atoms with E-state index in [0.717, 1.165) is 17.7 Å². The molecule has 0 atom stereocenters. The second-order valence-corrected chi connectivity index (χ2v) is 7.33. The fourth-order valence-corrected chi connectivity index (χ4v) is 4.28. The highest BCUT2D eigenvalue weighted by molar-refractivity contribution is 7.16. The Balaban J connectivity index is 1.46. The van der Waals surface area contributed by atoms with Crippen LogP contribution >= 0.6 is 22.9 Å². The topological polar surface area (TPSA) is 59.3 Å². The van der Waals surface area contributed by atoms with Crippen molar-refractivity contribution in [3.63, 3.8) is 0 Å². The van der Waals surface area contributed by atoms with Crippen molar-refractivity contribution >= 4 is 39.5 Å². The Morgan fingerprint density at radius 3 is 3.04 bits per heavy atom. The van der Waals surface area contributed by atoms with Gasteiger partial charge in [0.25, 0.3) is 5.91 Å². The highest BCUT2D eigenvalue weighted by Gasteiger charge is 2.24. The molecule has 25 heavy (non-hydrogen) atoms. The third-order valence-corrected chi connectivity index (χ3v) is 5.45. The Hall–Kier alpha value is -2.70. The molecule has 0 aliphatic heterocycles. The third kappa shape index (κ3) is 2.33. The molecule has 3 aromatic heterocycles. The lowest BCUT2D eigenvalue weighted by molar-refractivity contribution is 0.102. The van der Waals surface area contributed by atoms with E-state index in [4.69, 9.17) is 11.6 Å². The molecule has 0 radical (unpaired) electrons. The normalized spacial score (nSPS) is 12.2. The summed E-state index contributed by atoms with van der Waals surface area (Å²) in [4.78, 5) is 22.6. The molecule has 1 N–H and O–H groups in total. The van der Waals surface area contributed by atoms with Gasteiger partial charge in [-0.2, -0.15) is 0 Å². The molecule has 0 bridgehead atoms. The number of anilines is 1. The van der Waals surface area contributed by atoms with Gasteiger partial charge in [0.05, 0.1) is 16.2 Å². The summed E-state index contributed by atoms with van der Waals surface area (Å²) in [6, 6.07) is 11.7. The number of benzene rings is 1. The van der Waals surface area contributed by atoms with Gasteiger partial charge in [0.15, 0.2) is 10.8 Å². The summed E-state index contributed by atoms with van der Waals surface area (Å²) >= 11 is 7.48. The molecule has 1 aromatic carbocycles. The van der Waals surface area contributed by atoms with Gasteiger partial charge in [0.2, 0.25) is 0 Å². The van der Waals surface area contributed by atoms with Crippen LogP contribution in [0.2, 0.25) is 5.02 Å². The Kier molecular flexibility index (Phi) is 3.16. The number of halogens is 1. The fourth-order valence-electron chi connectivity index (χ4n) is 3.12. The smallest absolute Gasteiger partial charge is 0.278 e. The van der Waals surface area contributed by atoms with E-state index in [1.165, 1.54) is 21.8 Å². The van der Waals surface area contributed by atoms with E-state index in [9.17, 15) is 4.79 Å². The van der Waals surface area contributed by atoms with Crippen LogP contribution < -0.4 is 5.32 Å². The Bertz CT molecular complexity index is 1150. The zero-order valence-electron chi connectivity index (χ0n) is 12.9. The largest absolute Gasteiger partial charge is 0.304 e. The maximum absolute atomic E-state index is 12.6. The van der Waals surface area contributed by atoms with Gasteiger partial charge in [-0.1, -0.05) is 35.9 Å². The van der Waals surface area contributed by atoms with Gasteiger partial charge < -0.3 is 4.40 Å². The lowest BCUT2D eigenvalue weighted by Gasteiger charge is -2.01. The quantitative estimate of drug-likeness (QED) is 0.507. The van der Waals surface area contributed by atoms with Crippen LogP contribution in [0.25, 0.3) is 16.8 Å². The summed E-state index contributed by atoms with van der Waals surface area (Å²) in [5, 5.41) is 4.06. The molecule has 1 amide bonds. The molecule has 1 aliphatic carbocycles. The minimum atomic E-state index is -0.273. The summed E-state index contributed by atoms with van der Waals surface area (Å²) < 4.78 is 1.73. The predicted octanol–water partition coefficient (Wildman–Crippen LogP) is 4.27. The van der Waals surface area contributed by atoms with Crippen LogP contribution in [0.15, 0.2) is 48.9 Å². The minimum Gasteiger partial charge on any atom is -0.304 e. The van der Waals surface area contributed by atoms with E-state index in [2.05, 4.69) is 27.4 Å². The molecule has 1 aliphatic rings. The van der Waals surface area contributed by atoms with Crippen LogP contribution in [-0.2, 0) is 6.42 Å². The lowest BCUT2D eigenvalue weighted by atomic mass is 10.1. The molecule has 122 valence electrons. The second kappa shape index (κ2) is 5.40. The lowest BCUT2D eigenvalue weighted by Crippen LogP contribution is -2.12. The van der Waals surface area contributed by atoms with Crippen molar-refractivity contribution in [3.05, 3.63) is 70.1 Å². The third-order valence-electron chi connectivity index (χ3n) is 4.25. The maximum atomic E-state index is 12.6. The summed E-state index contributed by atoms with van der Waals surface area (Å²) in [6.45, 7) is 0. The predicted molar refractivity (Wildman–Crippen MR) is 98.5 cm³/mol. The average Bonchev–Trinajstić information content (AvgIpc) is 3.26. The number of carbonyl (C=O) groups is 1. The van der Waals surface area contributed by atoms with Crippen molar-refractivity contribution < 1.29 is 4.79 Å². The van der Waals surface area contributed by atoms with Crippen LogP contribution in [-0.4, -0.2) is 20.3 Å². The first-order chi connectivity index (χ1) is 12.2. The molecule has 0 fully saturated rings. The molecule has 0 saturated heterocycles. The van der Waals surface area contributed by atoms with Gasteiger partial charge in [0, 0.05) is 23.1 Å². The van der Waals surface area contributed by atoms with Crippen molar-refractivity contribution in [1.29, 1.82) is 0 Å². The number of carbonyl (C=O) groups excluding carboxylic acids is 1. The van der Waals surface area contributed by atoms with Crippen LogP contribution in [0.4, 0.5) is 5.13 Å². The number of fused-ring (bicyclic) bond motifs is 4. The first-order valence-corrected chi connectivity index (χ1v) is 8.90. The van der Waals surface area contributed by atoms with Crippen molar-refractivity contribution in [3.8, 4) is 11.3 Å². The SMILES string of the molecule is O=C(Nc1nc2c(s1)Cc1ccccc1-2)c1ncn2cc(Cl)ccc12. The van der Waals surface area contributed by atoms with E-state index < -0.39 is 0 Å². The monoisotopic (exact) mass is 366 g/mol. The Morgan fingerprint density at radius 2 is 2.12 bits per heavy atom. The molecule has 4 aromatic rings. The van der Waals surface area contributed by atoms with Gasteiger partial charge in [-0.3, -0.25) is 10.1 Å². The second-order valence-electron chi connectivity index (χ2n) is 5.81. The zero-order chi connectivity index (χ0) is 17.0. The molecular formula is C18H11ClN4OS. The molecule has 5 nitrogen and oxygen atoms in total. The highest BCUT2D eigenvalue weighted by Crippen LogP contribution is 2.40. The molecule has 0 spiro atoms. The van der Waals surface area contributed by atoms with Crippen molar-refractivity contribution in [2.45, 2.75) is 6.42 Å². The average molecular weight is 367 g/mol. The molecule has 3 heterocycles. The van der Waals surface area contributed by atoms with Gasteiger partial charge in [0.1, 0.15) is 6.33 Å². The van der Waals surface area contributed by atoms with E-state index in [1.807, 2.05) is 12.1 Å². The molecular weight excluding hydrogens is 356 g/mol. The first kappa shape index (κ1) is 14.6. The number of amides is 1. The number of aromatic nitrogens is 3. The molecule has 0 saturated carbocycles. The van der Waals surface area contributed by atoms with Crippen LogP contribution in [0.5, 0.6) is 0 Å². The number of hydrogen-bond donors (Lipinski definition) is 1. The number of pyridine rings is 1. The van der Waals surface area contributed by atoms with E-state index in [-0.39, 0.29) is 5.91 Å². The van der Waals surface area contributed by atoms with Crippen molar-refractivity contribution in [2.24, 2.45) is 0 Å². The molecule has 7 heteroatoms. The van der Waals surface area contributed by atoms with Crippen molar-refractivity contribution in [1.82, 2.24) is 14.4 Å². The summed E-state index contributed by atoms with van der Waals surface area (Å²) in [5.74, 6) is -0.273. The molecule has 5 rings (SSSR count). The molecule has 0 unspecified atom stereocenters. The van der Waals surface area contributed by atoms with Gasteiger partial charge >= 0.3 is 0 Å². The van der Waals surface area contributed by atoms with E-state index in [0.29, 0.717) is 21.4 Å². The number of nitrogens with one attached hydrogen (secondary N) is 1. The summed E-state index contributed by atoms with van der Waals surface area (Å²) in [6.07, 6.45) is 4.16. The van der Waals surface area contributed by atoms with Crippen LogP contribution in [0, 0.1) is 0 Å². The van der Waals surface area contributed by atoms with Gasteiger partial charge in [-0.25, -0.2) is 9.97 Å². The van der Waals surface area contributed by atoms with E-state index in [1.54, 1.807) is 29.1 Å². The maximum Gasteiger partial charge on any atom is 0.278 e. The Labute approximate surface area is 151 Å². The number of thiazole rings is 1. The van der Waals surface area contributed by atoms with Gasteiger partial charge in [-0.05, 0) is 17.7 Å². The first-order valence-electron chi connectivity index (χ1n) is 7.70. The number of nitrogens with zero attached hydrogens (tertiary/aromatic N) is 3. The highest BCUT2D eigenvalue weighted by atomic mass is 35.5. The van der Waals surface area contributed by atoms with Crippen molar-refractivity contribution in [2.75, 3.05) is 5.32 Å². The number of rotatable bonds is 2. The number of imidazole rings is 1. The van der Waals surface area contributed by atoms with Gasteiger partial charge in [-0.15, -0.1) is 11.3 Å². The van der Waals surface area contributed by atoms with E-state index >= 15 is 0 Å². The summed E-state index contributed by atoms with van der Waals surface area (Å²) in [7, 11) is 0. The summed E-state index contributed by atoms with van der Waals surface area (Å²) in [5.41, 5.74) is 4.46. The van der Waals surface area contributed by atoms with Crippen LogP contribution in [0.1, 0.15) is 20.9 Å². The zero-order valence-corrected chi connectivity index (χ0v) is 14.4. The standard InChI is InChI=1S/C18H11ClN4OS/c19-11-5-6-13-16(20-9-23(13)8-11)17(24)22-18-21-15-12-4-2-1-3-10(12)7-14(15)25-18/h1-6,8-9H,7H2,(H,21,22,24). The Morgan fingerprint density at radius 1 is 1.24 bits per heavy atom. The fraction of sp³-hybridized carbons (Fsp3) is 0.0556.